The Morgan fingerprint density at radius 3 is 2.95 bits per heavy atom. The molecule has 1 aromatic heterocycles. The Labute approximate surface area is 117 Å². The quantitative estimate of drug-likeness (QED) is 0.886. The first kappa shape index (κ1) is 14.6. The molecule has 2 rings (SSSR count). The first-order valence-corrected chi connectivity index (χ1v) is 7.68. The van der Waals surface area contributed by atoms with Gasteiger partial charge in [0.05, 0.1) is 5.60 Å². The summed E-state index contributed by atoms with van der Waals surface area (Å²) in [5.74, 6) is 1.45. The van der Waals surface area contributed by atoms with E-state index < -0.39 is 5.60 Å². The highest BCUT2D eigenvalue weighted by atomic mass is 16.3. The van der Waals surface area contributed by atoms with Crippen molar-refractivity contribution < 1.29 is 5.11 Å². The lowest BCUT2D eigenvalue weighted by atomic mass is 9.73. The third-order valence-electron chi connectivity index (χ3n) is 4.50. The summed E-state index contributed by atoms with van der Waals surface area (Å²) in [7, 11) is 1.97. The molecule has 1 aromatic rings. The minimum Gasteiger partial charge on any atom is -0.390 e. The van der Waals surface area contributed by atoms with Crippen LogP contribution in [0.15, 0.2) is 12.3 Å². The Morgan fingerprint density at radius 1 is 1.53 bits per heavy atom. The Morgan fingerprint density at radius 2 is 2.32 bits per heavy atom. The molecule has 1 aliphatic rings. The highest BCUT2D eigenvalue weighted by Gasteiger charge is 2.34. The van der Waals surface area contributed by atoms with E-state index in [2.05, 4.69) is 25.0 Å². The van der Waals surface area contributed by atoms with Gasteiger partial charge in [0.25, 0.3) is 0 Å². The summed E-state index contributed by atoms with van der Waals surface area (Å²) in [6, 6.07) is 2.05. The van der Waals surface area contributed by atoms with Gasteiger partial charge in [0.15, 0.2) is 0 Å². The van der Waals surface area contributed by atoms with E-state index in [1.807, 2.05) is 17.9 Å². The van der Waals surface area contributed by atoms with Crippen molar-refractivity contribution in [1.29, 1.82) is 0 Å². The fourth-order valence-corrected chi connectivity index (χ4v) is 3.56. The average Bonchev–Trinajstić information content (AvgIpc) is 2.72. The molecular formula is C16H28N2O. The maximum Gasteiger partial charge on any atom is 0.0654 e. The van der Waals surface area contributed by atoms with Crippen LogP contribution < -0.4 is 0 Å². The van der Waals surface area contributed by atoms with Gasteiger partial charge in [-0.05, 0) is 50.0 Å². The Balaban J connectivity index is 1.89. The Bertz CT molecular complexity index is 399. The van der Waals surface area contributed by atoms with E-state index in [9.17, 15) is 5.11 Å². The molecule has 1 saturated carbocycles. The molecule has 1 aliphatic carbocycles. The van der Waals surface area contributed by atoms with Crippen molar-refractivity contribution >= 4 is 0 Å². The number of rotatable bonds is 5. The van der Waals surface area contributed by atoms with E-state index in [1.165, 1.54) is 25.0 Å². The van der Waals surface area contributed by atoms with Crippen molar-refractivity contribution in [1.82, 2.24) is 9.78 Å². The topological polar surface area (TPSA) is 38.1 Å². The second kappa shape index (κ2) is 6.08. The highest BCUT2D eigenvalue weighted by Crippen LogP contribution is 2.38. The smallest absolute Gasteiger partial charge is 0.0654 e. The number of aromatic nitrogens is 2. The molecule has 108 valence electrons. The number of aryl methyl sites for hydroxylation is 2. The van der Waals surface area contributed by atoms with Crippen molar-refractivity contribution in [2.75, 3.05) is 0 Å². The lowest BCUT2D eigenvalue weighted by Gasteiger charge is -2.37. The number of hydrogen-bond donors (Lipinski definition) is 1. The van der Waals surface area contributed by atoms with Gasteiger partial charge in [-0.2, -0.15) is 5.10 Å². The van der Waals surface area contributed by atoms with Gasteiger partial charge in [-0.1, -0.05) is 26.7 Å². The van der Waals surface area contributed by atoms with Crippen molar-refractivity contribution in [3.63, 3.8) is 0 Å². The second-order valence-electron chi connectivity index (χ2n) is 6.76. The SMILES string of the molecule is CC(C)CC1CCCC(O)(CCc2ccnn2C)C1. The summed E-state index contributed by atoms with van der Waals surface area (Å²) in [6.07, 6.45) is 9.34. The van der Waals surface area contributed by atoms with E-state index in [-0.39, 0.29) is 0 Å². The molecule has 0 bridgehead atoms. The van der Waals surface area contributed by atoms with E-state index in [4.69, 9.17) is 0 Å². The molecule has 2 atom stereocenters. The molecule has 3 nitrogen and oxygen atoms in total. The van der Waals surface area contributed by atoms with Gasteiger partial charge in [-0.25, -0.2) is 0 Å². The molecule has 0 spiro atoms. The van der Waals surface area contributed by atoms with Crippen LogP contribution in [0.3, 0.4) is 0 Å². The zero-order valence-electron chi connectivity index (χ0n) is 12.6. The number of aliphatic hydroxyl groups is 1. The average molecular weight is 264 g/mol. The van der Waals surface area contributed by atoms with E-state index >= 15 is 0 Å². The molecule has 0 aromatic carbocycles. The van der Waals surface area contributed by atoms with Crippen molar-refractivity contribution in [3.8, 4) is 0 Å². The molecule has 2 unspecified atom stereocenters. The predicted molar refractivity (Wildman–Crippen MR) is 77.9 cm³/mol. The van der Waals surface area contributed by atoms with E-state index in [0.29, 0.717) is 5.92 Å². The molecule has 1 N–H and O–H groups in total. The second-order valence-corrected chi connectivity index (χ2v) is 6.76. The van der Waals surface area contributed by atoms with Gasteiger partial charge in [0.1, 0.15) is 0 Å². The molecule has 1 fully saturated rings. The first-order chi connectivity index (χ1) is 8.98. The lowest BCUT2D eigenvalue weighted by Crippen LogP contribution is -2.36. The highest BCUT2D eigenvalue weighted by molar-refractivity contribution is 5.02. The molecule has 0 amide bonds. The minimum absolute atomic E-state index is 0.442. The molecule has 19 heavy (non-hydrogen) atoms. The number of hydrogen-bond acceptors (Lipinski definition) is 2. The zero-order valence-corrected chi connectivity index (χ0v) is 12.6. The van der Waals surface area contributed by atoms with Crippen LogP contribution in [0.2, 0.25) is 0 Å². The molecule has 0 radical (unpaired) electrons. The molecule has 3 heteroatoms. The summed E-state index contributed by atoms with van der Waals surface area (Å²) in [5.41, 5.74) is 0.779. The van der Waals surface area contributed by atoms with Crippen LogP contribution in [0.5, 0.6) is 0 Å². The fraction of sp³-hybridized carbons (Fsp3) is 0.812. The van der Waals surface area contributed by atoms with Gasteiger partial charge < -0.3 is 5.11 Å². The van der Waals surface area contributed by atoms with Crippen LogP contribution in [0.25, 0.3) is 0 Å². The van der Waals surface area contributed by atoms with Gasteiger partial charge >= 0.3 is 0 Å². The largest absolute Gasteiger partial charge is 0.390 e. The Kier molecular flexibility index (Phi) is 4.67. The van der Waals surface area contributed by atoms with Crippen LogP contribution in [-0.4, -0.2) is 20.5 Å². The molecular weight excluding hydrogens is 236 g/mol. The van der Waals surface area contributed by atoms with Crippen LogP contribution in [0.1, 0.15) is 58.1 Å². The predicted octanol–water partition coefficient (Wildman–Crippen LogP) is 3.32. The minimum atomic E-state index is -0.442. The Hall–Kier alpha value is -0.830. The standard InChI is InChI=1S/C16H28N2O/c1-13(2)11-14-5-4-8-16(19,12-14)9-6-15-7-10-17-18(15)3/h7,10,13-14,19H,4-6,8-9,11-12H2,1-3H3. The maximum absolute atomic E-state index is 10.8. The summed E-state index contributed by atoms with van der Waals surface area (Å²) in [6.45, 7) is 4.56. The monoisotopic (exact) mass is 264 g/mol. The summed E-state index contributed by atoms with van der Waals surface area (Å²) in [4.78, 5) is 0. The molecule has 0 saturated heterocycles. The van der Waals surface area contributed by atoms with E-state index in [0.717, 1.165) is 31.6 Å². The molecule has 1 heterocycles. The van der Waals surface area contributed by atoms with Crippen molar-refractivity contribution in [2.45, 2.75) is 64.4 Å². The van der Waals surface area contributed by atoms with Crippen LogP contribution in [-0.2, 0) is 13.5 Å². The van der Waals surface area contributed by atoms with Crippen LogP contribution in [0.4, 0.5) is 0 Å². The third kappa shape index (κ3) is 4.07. The zero-order chi connectivity index (χ0) is 13.9. The lowest BCUT2D eigenvalue weighted by molar-refractivity contribution is -0.0262. The normalized spacial score (nSPS) is 27.9. The third-order valence-corrected chi connectivity index (χ3v) is 4.50. The fourth-order valence-electron chi connectivity index (χ4n) is 3.56. The van der Waals surface area contributed by atoms with Gasteiger partial charge in [-0.15, -0.1) is 0 Å². The van der Waals surface area contributed by atoms with Crippen LogP contribution in [0, 0.1) is 11.8 Å². The summed E-state index contributed by atoms with van der Waals surface area (Å²) < 4.78 is 1.91. The molecule has 0 aliphatic heterocycles. The van der Waals surface area contributed by atoms with Gasteiger partial charge in [0, 0.05) is 18.9 Å². The van der Waals surface area contributed by atoms with Gasteiger partial charge in [-0.3, -0.25) is 4.68 Å². The van der Waals surface area contributed by atoms with Crippen LogP contribution >= 0.6 is 0 Å². The van der Waals surface area contributed by atoms with Crippen molar-refractivity contribution in [2.24, 2.45) is 18.9 Å². The summed E-state index contributed by atoms with van der Waals surface area (Å²) >= 11 is 0. The first-order valence-electron chi connectivity index (χ1n) is 7.68. The summed E-state index contributed by atoms with van der Waals surface area (Å²) in [5, 5.41) is 15.0. The van der Waals surface area contributed by atoms with Crippen molar-refractivity contribution in [3.05, 3.63) is 18.0 Å². The van der Waals surface area contributed by atoms with E-state index in [1.54, 1.807) is 0 Å². The number of nitrogens with zero attached hydrogens (tertiary/aromatic N) is 2. The maximum atomic E-state index is 10.8. The van der Waals surface area contributed by atoms with Gasteiger partial charge in [0.2, 0.25) is 0 Å².